The van der Waals surface area contributed by atoms with Crippen molar-refractivity contribution in [2.45, 2.75) is 32.3 Å². The largest absolute Gasteiger partial charge is 0.393 e. The van der Waals surface area contributed by atoms with Crippen LogP contribution in [-0.2, 0) is 0 Å². The van der Waals surface area contributed by atoms with Crippen molar-refractivity contribution in [1.82, 2.24) is 19.8 Å². The number of nitrogens with zero attached hydrogens (tertiary/aromatic N) is 3. The van der Waals surface area contributed by atoms with Gasteiger partial charge in [-0.1, -0.05) is 6.92 Å². The third-order valence-corrected chi connectivity index (χ3v) is 2.70. The van der Waals surface area contributed by atoms with E-state index in [-0.39, 0.29) is 11.6 Å². The molecule has 0 aromatic carbocycles. The molecule has 0 aliphatic heterocycles. The molecule has 16 heavy (non-hydrogen) atoms. The van der Waals surface area contributed by atoms with E-state index in [0.717, 1.165) is 6.42 Å². The highest BCUT2D eigenvalue weighted by atomic mass is 16.3. The highest BCUT2D eigenvalue weighted by Gasteiger charge is 2.17. The van der Waals surface area contributed by atoms with Crippen LogP contribution in [0.2, 0.25) is 0 Å². The van der Waals surface area contributed by atoms with Gasteiger partial charge in [0, 0.05) is 5.92 Å². The third-order valence-electron chi connectivity index (χ3n) is 2.70. The van der Waals surface area contributed by atoms with Gasteiger partial charge in [-0.15, -0.1) is 0 Å². The summed E-state index contributed by atoms with van der Waals surface area (Å²) >= 11 is 0. The summed E-state index contributed by atoms with van der Waals surface area (Å²) in [6.07, 6.45) is 0.278. The second-order valence-electron chi connectivity index (χ2n) is 3.81. The number of H-pyrrole nitrogens is 1. The maximum absolute atomic E-state index is 11.3. The molecular weight excluding hydrogens is 208 g/mol. The second-order valence-corrected chi connectivity index (χ2v) is 3.81. The predicted molar refractivity (Wildman–Crippen MR) is 58.3 cm³/mol. The van der Waals surface area contributed by atoms with Crippen molar-refractivity contribution in [2.75, 3.05) is 0 Å². The number of aliphatic hydroxyl groups is 1. The highest BCUT2D eigenvalue weighted by Crippen LogP contribution is 2.20. The average Bonchev–Trinajstić information content (AvgIpc) is 2.61. The van der Waals surface area contributed by atoms with Gasteiger partial charge in [-0.05, 0) is 25.5 Å². The molecule has 2 atom stereocenters. The fraction of sp³-hybridized carbons (Fsp3) is 0.500. The molecule has 2 aromatic heterocycles. The van der Waals surface area contributed by atoms with Gasteiger partial charge in [0.05, 0.1) is 11.8 Å². The summed E-state index contributed by atoms with van der Waals surface area (Å²) in [5, 5.41) is 19.9. The molecule has 0 radical (unpaired) electrons. The van der Waals surface area contributed by atoms with Crippen LogP contribution < -0.4 is 5.69 Å². The van der Waals surface area contributed by atoms with E-state index in [1.165, 1.54) is 4.52 Å². The number of aliphatic hydroxyl groups excluding tert-OH is 1. The number of hydrogen-bond donors (Lipinski definition) is 2. The Morgan fingerprint density at radius 1 is 1.56 bits per heavy atom. The predicted octanol–water partition coefficient (Wildman–Crippen LogP) is 0.292. The molecule has 0 saturated heterocycles. The quantitative estimate of drug-likeness (QED) is 0.782. The van der Waals surface area contributed by atoms with Gasteiger partial charge in [0.25, 0.3) is 0 Å². The lowest BCUT2D eigenvalue weighted by Crippen LogP contribution is -2.19. The monoisotopic (exact) mass is 222 g/mol. The SMILES string of the molecule is CCC(c1ccc2n[nH]c(=O)n2n1)C(C)O. The van der Waals surface area contributed by atoms with E-state index in [0.29, 0.717) is 11.3 Å². The Hall–Kier alpha value is -1.69. The van der Waals surface area contributed by atoms with E-state index in [1.807, 2.05) is 6.92 Å². The Morgan fingerprint density at radius 2 is 2.31 bits per heavy atom. The summed E-state index contributed by atoms with van der Waals surface area (Å²) in [6, 6.07) is 3.50. The first-order valence-corrected chi connectivity index (χ1v) is 5.26. The number of aromatic nitrogens is 4. The molecule has 0 saturated carbocycles. The molecule has 0 spiro atoms. The van der Waals surface area contributed by atoms with E-state index in [2.05, 4.69) is 15.3 Å². The summed E-state index contributed by atoms with van der Waals surface area (Å²) in [5.74, 6) is -0.0637. The molecule has 86 valence electrons. The minimum atomic E-state index is -0.488. The first-order chi connectivity index (χ1) is 7.63. The van der Waals surface area contributed by atoms with Crippen LogP contribution in [0, 0.1) is 0 Å². The van der Waals surface area contributed by atoms with E-state index >= 15 is 0 Å². The zero-order valence-corrected chi connectivity index (χ0v) is 9.21. The van der Waals surface area contributed by atoms with Crippen molar-refractivity contribution in [3.8, 4) is 0 Å². The minimum Gasteiger partial charge on any atom is -0.393 e. The number of fused-ring (bicyclic) bond motifs is 1. The Labute approximate surface area is 91.9 Å². The van der Waals surface area contributed by atoms with Crippen LogP contribution in [0.25, 0.3) is 5.65 Å². The zero-order valence-electron chi connectivity index (χ0n) is 9.21. The van der Waals surface area contributed by atoms with Crippen LogP contribution in [0.1, 0.15) is 31.9 Å². The minimum absolute atomic E-state index is 0.0637. The lowest BCUT2D eigenvalue weighted by Gasteiger charge is -2.16. The van der Waals surface area contributed by atoms with Gasteiger partial charge in [-0.25, -0.2) is 9.89 Å². The standard InChI is InChI=1S/C10H14N4O2/c1-3-7(6(2)15)8-4-5-9-11-12-10(16)14(9)13-8/h4-7,15H,3H2,1-2H3,(H,12,16). The number of nitrogens with one attached hydrogen (secondary N) is 1. The summed E-state index contributed by atoms with van der Waals surface area (Å²) in [6.45, 7) is 3.69. The lowest BCUT2D eigenvalue weighted by molar-refractivity contribution is 0.157. The zero-order chi connectivity index (χ0) is 11.7. The summed E-state index contributed by atoms with van der Waals surface area (Å²) in [5.41, 5.74) is 0.819. The smallest absolute Gasteiger partial charge is 0.364 e. The van der Waals surface area contributed by atoms with E-state index < -0.39 is 6.10 Å². The fourth-order valence-corrected chi connectivity index (χ4v) is 1.81. The van der Waals surface area contributed by atoms with Crippen LogP contribution in [0.15, 0.2) is 16.9 Å². The molecule has 0 fully saturated rings. The molecular formula is C10H14N4O2. The summed E-state index contributed by atoms with van der Waals surface area (Å²) < 4.78 is 1.21. The molecule has 2 unspecified atom stereocenters. The number of rotatable bonds is 3. The van der Waals surface area contributed by atoms with Crippen LogP contribution >= 0.6 is 0 Å². The van der Waals surface area contributed by atoms with Crippen molar-refractivity contribution in [2.24, 2.45) is 0 Å². The van der Waals surface area contributed by atoms with Gasteiger partial charge in [0.15, 0.2) is 5.65 Å². The van der Waals surface area contributed by atoms with E-state index in [4.69, 9.17) is 0 Å². The highest BCUT2D eigenvalue weighted by molar-refractivity contribution is 5.35. The number of hydrogen-bond acceptors (Lipinski definition) is 4. The molecule has 0 aliphatic rings. The molecule has 6 nitrogen and oxygen atoms in total. The molecule has 0 amide bonds. The molecule has 0 bridgehead atoms. The van der Waals surface area contributed by atoms with Crippen molar-refractivity contribution >= 4 is 5.65 Å². The topological polar surface area (TPSA) is 83.3 Å². The molecule has 0 aliphatic carbocycles. The van der Waals surface area contributed by atoms with Gasteiger partial charge in [0.2, 0.25) is 0 Å². The molecule has 2 N–H and O–H groups in total. The maximum atomic E-state index is 11.3. The average molecular weight is 222 g/mol. The van der Waals surface area contributed by atoms with Crippen LogP contribution in [-0.4, -0.2) is 31.0 Å². The van der Waals surface area contributed by atoms with E-state index in [1.54, 1.807) is 19.1 Å². The third kappa shape index (κ3) is 1.71. The Morgan fingerprint density at radius 3 is 2.94 bits per heavy atom. The van der Waals surface area contributed by atoms with Gasteiger partial charge < -0.3 is 5.11 Å². The van der Waals surface area contributed by atoms with Crippen LogP contribution in [0.5, 0.6) is 0 Å². The van der Waals surface area contributed by atoms with E-state index in [9.17, 15) is 9.90 Å². The van der Waals surface area contributed by atoms with Gasteiger partial charge in [-0.2, -0.15) is 14.7 Å². The molecule has 2 rings (SSSR count). The van der Waals surface area contributed by atoms with Crippen molar-refractivity contribution in [1.29, 1.82) is 0 Å². The second kappa shape index (κ2) is 4.05. The number of aromatic amines is 1. The fourth-order valence-electron chi connectivity index (χ4n) is 1.81. The first kappa shape index (κ1) is 10.8. The van der Waals surface area contributed by atoms with Crippen molar-refractivity contribution in [3.05, 3.63) is 28.3 Å². The Balaban J connectivity index is 2.52. The van der Waals surface area contributed by atoms with Gasteiger partial charge in [-0.3, -0.25) is 0 Å². The lowest BCUT2D eigenvalue weighted by atomic mass is 9.97. The molecule has 2 heterocycles. The Bertz CT molecular complexity index is 543. The molecule has 6 heteroatoms. The normalized spacial score (nSPS) is 15.2. The van der Waals surface area contributed by atoms with Gasteiger partial charge in [0.1, 0.15) is 0 Å². The molecule has 2 aromatic rings. The maximum Gasteiger partial charge on any atom is 0.364 e. The van der Waals surface area contributed by atoms with Gasteiger partial charge >= 0.3 is 5.69 Å². The van der Waals surface area contributed by atoms with Crippen molar-refractivity contribution < 1.29 is 5.11 Å². The summed E-state index contributed by atoms with van der Waals surface area (Å²) in [4.78, 5) is 11.3. The van der Waals surface area contributed by atoms with Crippen molar-refractivity contribution in [3.63, 3.8) is 0 Å². The van der Waals surface area contributed by atoms with Crippen LogP contribution in [0.4, 0.5) is 0 Å². The first-order valence-electron chi connectivity index (χ1n) is 5.26. The Kier molecular flexibility index (Phi) is 2.74. The summed E-state index contributed by atoms with van der Waals surface area (Å²) in [7, 11) is 0. The van der Waals surface area contributed by atoms with Crippen LogP contribution in [0.3, 0.4) is 0 Å².